The molecule has 108 valence electrons. The van der Waals surface area contributed by atoms with E-state index >= 15 is 0 Å². The van der Waals surface area contributed by atoms with Gasteiger partial charge in [-0.1, -0.05) is 5.16 Å². The quantitative estimate of drug-likeness (QED) is 0.790. The fourth-order valence-electron chi connectivity index (χ4n) is 2.23. The van der Waals surface area contributed by atoms with Gasteiger partial charge in [0.2, 0.25) is 0 Å². The third-order valence-corrected chi connectivity index (χ3v) is 3.41. The van der Waals surface area contributed by atoms with Gasteiger partial charge in [0.1, 0.15) is 5.76 Å². The van der Waals surface area contributed by atoms with Gasteiger partial charge in [0.25, 0.3) is 0 Å². The summed E-state index contributed by atoms with van der Waals surface area (Å²) in [6, 6.07) is 4.33. The SMILES string of the molecule is Cc1noc(C)c1Cn1c(=O)oc2cc(C(=O)O)ccc21. The lowest BCUT2D eigenvalue weighted by Gasteiger charge is -2.02. The summed E-state index contributed by atoms with van der Waals surface area (Å²) in [5.41, 5.74) is 2.36. The van der Waals surface area contributed by atoms with Gasteiger partial charge in [-0.2, -0.15) is 0 Å². The molecular formula is C14H12N2O5. The van der Waals surface area contributed by atoms with E-state index in [1.807, 2.05) is 0 Å². The highest BCUT2D eigenvalue weighted by molar-refractivity contribution is 5.91. The Kier molecular flexibility index (Phi) is 2.90. The Morgan fingerprint density at radius 1 is 1.38 bits per heavy atom. The van der Waals surface area contributed by atoms with Gasteiger partial charge in [-0.05, 0) is 32.0 Å². The van der Waals surface area contributed by atoms with E-state index in [4.69, 9.17) is 14.0 Å². The zero-order valence-electron chi connectivity index (χ0n) is 11.4. The smallest absolute Gasteiger partial charge is 0.420 e. The Morgan fingerprint density at radius 2 is 2.14 bits per heavy atom. The summed E-state index contributed by atoms with van der Waals surface area (Å²) >= 11 is 0. The monoisotopic (exact) mass is 288 g/mol. The largest absolute Gasteiger partial charge is 0.478 e. The lowest BCUT2D eigenvalue weighted by Crippen LogP contribution is -2.15. The van der Waals surface area contributed by atoms with Gasteiger partial charge in [-0.15, -0.1) is 0 Å². The first-order valence-corrected chi connectivity index (χ1v) is 6.26. The lowest BCUT2D eigenvalue weighted by molar-refractivity contribution is 0.0697. The van der Waals surface area contributed by atoms with Crippen molar-refractivity contribution < 1.29 is 18.8 Å². The van der Waals surface area contributed by atoms with Crippen molar-refractivity contribution in [2.24, 2.45) is 0 Å². The molecule has 0 aliphatic heterocycles. The molecule has 0 amide bonds. The lowest BCUT2D eigenvalue weighted by atomic mass is 10.2. The van der Waals surface area contributed by atoms with Crippen LogP contribution in [0.25, 0.3) is 11.1 Å². The molecule has 0 fully saturated rings. The topological polar surface area (TPSA) is 98.5 Å². The number of fused-ring (bicyclic) bond motifs is 1. The summed E-state index contributed by atoms with van der Waals surface area (Å²) in [4.78, 5) is 22.9. The van der Waals surface area contributed by atoms with E-state index in [2.05, 4.69) is 5.16 Å². The molecule has 7 heteroatoms. The molecule has 2 aromatic heterocycles. The van der Waals surface area contributed by atoms with Gasteiger partial charge in [0.05, 0.1) is 23.3 Å². The average Bonchev–Trinajstić information content (AvgIpc) is 2.92. The molecule has 0 atom stereocenters. The minimum atomic E-state index is -1.07. The third kappa shape index (κ3) is 2.12. The van der Waals surface area contributed by atoms with Gasteiger partial charge in [0.15, 0.2) is 5.58 Å². The van der Waals surface area contributed by atoms with Crippen LogP contribution in [-0.2, 0) is 6.54 Å². The van der Waals surface area contributed by atoms with Gasteiger partial charge >= 0.3 is 11.7 Å². The number of aromatic nitrogens is 2. The first kappa shape index (κ1) is 13.2. The molecule has 0 saturated carbocycles. The first-order chi connectivity index (χ1) is 9.97. The first-order valence-electron chi connectivity index (χ1n) is 6.26. The van der Waals surface area contributed by atoms with E-state index in [9.17, 15) is 9.59 Å². The maximum absolute atomic E-state index is 12.0. The molecule has 0 aliphatic rings. The fourth-order valence-corrected chi connectivity index (χ4v) is 2.23. The predicted octanol–water partition coefficient (Wildman–Crippen LogP) is 1.95. The van der Waals surface area contributed by atoms with Crippen LogP contribution in [0.1, 0.15) is 27.4 Å². The van der Waals surface area contributed by atoms with Crippen LogP contribution in [0.3, 0.4) is 0 Å². The second-order valence-corrected chi connectivity index (χ2v) is 4.74. The summed E-state index contributed by atoms with van der Waals surface area (Å²) in [5.74, 6) is -0.985. The molecule has 0 aliphatic carbocycles. The van der Waals surface area contributed by atoms with Crippen LogP contribution in [-0.4, -0.2) is 20.8 Å². The summed E-state index contributed by atoms with van der Waals surface area (Å²) < 4.78 is 11.6. The highest BCUT2D eigenvalue weighted by Crippen LogP contribution is 2.19. The maximum atomic E-state index is 12.0. The van der Waals surface area contributed by atoms with E-state index in [0.717, 1.165) is 5.56 Å². The second-order valence-electron chi connectivity index (χ2n) is 4.74. The number of oxazole rings is 1. The zero-order valence-corrected chi connectivity index (χ0v) is 11.4. The fraction of sp³-hybridized carbons (Fsp3) is 0.214. The number of aryl methyl sites for hydroxylation is 2. The highest BCUT2D eigenvalue weighted by atomic mass is 16.5. The van der Waals surface area contributed by atoms with Crippen molar-refractivity contribution >= 4 is 17.1 Å². The molecule has 0 spiro atoms. The minimum Gasteiger partial charge on any atom is -0.478 e. The van der Waals surface area contributed by atoms with Crippen LogP contribution in [0.5, 0.6) is 0 Å². The highest BCUT2D eigenvalue weighted by Gasteiger charge is 2.16. The maximum Gasteiger partial charge on any atom is 0.420 e. The molecule has 2 heterocycles. The molecular weight excluding hydrogens is 276 g/mol. The standard InChI is InChI=1S/C14H12N2O5/c1-7-10(8(2)21-15-7)6-16-11-4-3-9(13(17)18)5-12(11)20-14(16)19/h3-5H,6H2,1-2H3,(H,17,18). The Hall–Kier alpha value is -2.83. The molecule has 0 bridgehead atoms. The predicted molar refractivity (Wildman–Crippen MR) is 72.5 cm³/mol. The number of carbonyl (C=O) groups is 1. The number of benzene rings is 1. The van der Waals surface area contributed by atoms with Crippen molar-refractivity contribution in [2.45, 2.75) is 20.4 Å². The van der Waals surface area contributed by atoms with E-state index in [0.29, 0.717) is 17.0 Å². The normalized spacial score (nSPS) is 11.1. The Morgan fingerprint density at radius 3 is 2.76 bits per heavy atom. The number of carboxylic acid groups (broad SMARTS) is 1. The second kappa shape index (κ2) is 4.62. The molecule has 0 unspecified atom stereocenters. The van der Waals surface area contributed by atoms with Crippen LogP contribution in [0.15, 0.2) is 31.9 Å². The molecule has 7 nitrogen and oxygen atoms in total. The van der Waals surface area contributed by atoms with Crippen molar-refractivity contribution in [1.82, 2.24) is 9.72 Å². The summed E-state index contributed by atoms with van der Waals surface area (Å²) in [7, 11) is 0. The molecule has 0 radical (unpaired) electrons. The van der Waals surface area contributed by atoms with Crippen LogP contribution in [0.4, 0.5) is 0 Å². The van der Waals surface area contributed by atoms with E-state index < -0.39 is 11.7 Å². The van der Waals surface area contributed by atoms with Gasteiger partial charge in [-0.3, -0.25) is 4.57 Å². The molecule has 1 N–H and O–H groups in total. The number of carboxylic acids is 1. The zero-order chi connectivity index (χ0) is 15.1. The van der Waals surface area contributed by atoms with Gasteiger partial charge in [-0.25, -0.2) is 9.59 Å². The number of nitrogens with zero attached hydrogens (tertiary/aromatic N) is 2. The van der Waals surface area contributed by atoms with Gasteiger partial charge in [0, 0.05) is 5.56 Å². The molecule has 1 aromatic carbocycles. The number of hydrogen-bond acceptors (Lipinski definition) is 5. The van der Waals surface area contributed by atoms with Crippen molar-refractivity contribution in [3.8, 4) is 0 Å². The number of aromatic carboxylic acids is 1. The average molecular weight is 288 g/mol. The number of rotatable bonds is 3. The van der Waals surface area contributed by atoms with Crippen molar-refractivity contribution in [3.05, 3.63) is 51.3 Å². The molecule has 0 saturated heterocycles. The summed E-state index contributed by atoms with van der Waals surface area (Å²) in [5, 5.41) is 12.8. The van der Waals surface area contributed by atoms with E-state index in [1.165, 1.54) is 16.7 Å². The number of hydrogen-bond donors (Lipinski definition) is 1. The third-order valence-electron chi connectivity index (χ3n) is 3.41. The molecule has 3 aromatic rings. The van der Waals surface area contributed by atoms with Crippen LogP contribution >= 0.6 is 0 Å². The van der Waals surface area contributed by atoms with Crippen molar-refractivity contribution in [2.75, 3.05) is 0 Å². The Balaban J connectivity index is 2.13. The molecule has 3 rings (SSSR count). The summed E-state index contributed by atoms with van der Waals surface area (Å²) in [6.07, 6.45) is 0. The Bertz CT molecular complexity index is 880. The van der Waals surface area contributed by atoms with Crippen LogP contribution in [0, 0.1) is 13.8 Å². The Labute approximate surface area is 118 Å². The van der Waals surface area contributed by atoms with Crippen molar-refractivity contribution in [1.29, 1.82) is 0 Å². The van der Waals surface area contributed by atoms with Crippen molar-refractivity contribution in [3.63, 3.8) is 0 Å². The van der Waals surface area contributed by atoms with Crippen LogP contribution in [0.2, 0.25) is 0 Å². The summed E-state index contributed by atoms with van der Waals surface area (Å²) in [6.45, 7) is 3.83. The van der Waals surface area contributed by atoms with Crippen LogP contribution < -0.4 is 5.76 Å². The van der Waals surface area contributed by atoms with E-state index in [-0.39, 0.29) is 17.7 Å². The van der Waals surface area contributed by atoms with E-state index in [1.54, 1.807) is 19.9 Å². The van der Waals surface area contributed by atoms with Gasteiger partial charge < -0.3 is 14.0 Å². The molecule has 21 heavy (non-hydrogen) atoms. The minimum absolute atomic E-state index is 0.0701.